The number of anilines is 1. The maximum atomic E-state index is 15.4. The van der Waals surface area contributed by atoms with Gasteiger partial charge < -0.3 is 14.7 Å². The fourth-order valence-corrected chi connectivity index (χ4v) is 4.21. The van der Waals surface area contributed by atoms with E-state index in [9.17, 15) is 23.1 Å². The molecular formula is C22H22F4N4O3. The van der Waals surface area contributed by atoms with Crippen LogP contribution in [0.4, 0.5) is 23.4 Å². The van der Waals surface area contributed by atoms with Gasteiger partial charge in [-0.3, -0.25) is 4.79 Å². The van der Waals surface area contributed by atoms with Crippen molar-refractivity contribution < 1.29 is 32.2 Å². The zero-order chi connectivity index (χ0) is 24.1. The second kappa shape index (κ2) is 7.89. The Hall–Kier alpha value is -3.37. The minimum absolute atomic E-state index is 0.124. The van der Waals surface area contributed by atoms with Crippen molar-refractivity contribution in [2.24, 2.45) is 5.41 Å². The van der Waals surface area contributed by atoms with E-state index in [-0.39, 0.29) is 23.4 Å². The molecule has 0 saturated carbocycles. The summed E-state index contributed by atoms with van der Waals surface area (Å²) in [4.78, 5) is 17.9. The van der Waals surface area contributed by atoms with Crippen LogP contribution in [-0.4, -0.2) is 45.9 Å². The fourth-order valence-electron chi connectivity index (χ4n) is 4.21. The number of fused-ring (bicyclic) bond motifs is 1. The zero-order valence-corrected chi connectivity index (χ0v) is 18.2. The van der Waals surface area contributed by atoms with Crippen LogP contribution in [0.3, 0.4) is 0 Å². The molecule has 1 N–H and O–H groups in total. The first-order valence-corrected chi connectivity index (χ1v) is 10.2. The number of hydrogen-bond donors (Lipinski definition) is 1. The molecule has 1 saturated heterocycles. The molecule has 3 heterocycles. The van der Waals surface area contributed by atoms with Gasteiger partial charge in [0.1, 0.15) is 5.69 Å². The highest BCUT2D eigenvalue weighted by molar-refractivity contribution is 5.76. The number of carbonyl (C=O) groups is 1. The average Bonchev–Trinajstić information content (AvgIpc) is 3.08. The lowest BCUT2D eigenvalue weighted by molar-refractivity contribution is -0.148. The van der Waals surface area contributed by atoms with E-state index in [2.05, 4.69) is 10.1 Å². The molecule has 1 fully saturated rings. The van der Waals surface area contributed by atoms with E-state index >= 15 is 4.39 Å². The van der Waals surface area contributed by atoms with Crippen molar-refractivity contribution >= 4 is 17.4 Å². The van der Waals surface area contributed by atoms with Crippen molar-refractivity contribution in [1.82, 2.24) is 14.6 Å². The van der Waals surface area contributed by atoms with Gasteiger partial charge in [0.15, 0.2) is 23.0 Å². The molecule has 1 aliphatic heterocycles. The Bertz CT molecular complexity index is 1220. The molecule has 11 heteroatoms. The minimum atomic E-state index is -4.51. The van der Waals surface area contributed by atoms with Crippen molar-refractivity contribution in [2.75, 3.05) is 25.1 Å². The molecule has 7 nitrogen and oxygen atoms in total. The van der Waals surface area contributed by atoms with Crippen LogP contribution in [0.5, 0.6) is 5.75 Å². The predicted octanol–water partition coefficient (Wildman–Crippen LogP) is 4.56. The molecule has 0 radical (unpaired) electrons. The van der Waals surface area contributed by atoms with Gasteiger partial charge in [-0.2, -0.15) is 22.8 Å². The third-order valence-electron chi connectivity index (χ3n) is 6.01. The number of alkyl halides is 3. The molecule has 2 aromatic heterocycles. The summed E-state index contributed by atoms with van der Waals surface area (Å²) in [6, 6.07) is 4.03. The van der Waals surface area contributed by atoms with Gasteiger partial charge in [0.05, 0.1) is 23.8 Å². The largest absolute Gasteiger partial charge is 0.491 e. The van der Waals surface area contributed by atoms with Crippen LogP contribution in [0.25, 0.3) is 16.9 Å². The van der Waals surface area contributed by atoms with Gasteiger partial charge in [0.25, 0.3) is 0 Å². The Kier molecular flexibility index (Phi) is 5.45. The van der Waals surface area contributed by atoms with Crippen LogP contribution in [0, 0.1) is 18.2 Å². The number of benzene rings is 1. The second-order valence-electron chi connectivity index (χ2n) is 8.42. The van der Waals surface area contributed by atoms with Crippen LogP contribution >= 0.6 is 0 Å². The lowest BCUT2D eigenvalue weighted by Crippen LogP contribution is -2.47. The molecule has 33 heavy (non-hydrogen) atoms. The van der Waals surface area contributed by atoms with Gasteiger partial charge >= 0.3 is 12.1 Å². The van der Waals surface area contributed by atoms with Crippen molar-refractivity contribution in [2.45, 2.75) is 32.9 Å². The summed E-state index contributed by atoms with van der Waals surface area (Å²) in [5, 5.41) is 14.0. The molecule has 1 unspecified atom stereocenters. The monoisotopic (exact) mass is 466 g/mol. The number of carboxylic acids is 1. The van der Waals surface area contributed by atoms with Crippen LogP contribution in [0.1, 0.15) is 31.0 Å². The van der Waals surface area contributed by atoms with E-state index in [1.807, 2.05) is 0 Å². The molecule has 3 aromatic rings. The molecule has 0 bridgehead atoms. The highest BCUT2D eigenvalue weighted by atomic mass is 19.4. The number of halogens is 4. The SMILES string of the molecule is COc1c(C)nc2c(F)c(-c3ccc(C(F)(F)F)cc3)nn2c1N1CCCC(C)(C(=O)O)C1. The first-order chi connectivity index (χ1) is 15.5. The summed E-state index contributed by atoms with van der Waals surface area (Å²) in [5.74, 6) is -1.06. The third-order valence-corrected chi connectivity index (χ3v) is 6.01. The molecule has 0 aliphatic carbocycles. The average molecular weight is 466 g/mol. The zero-order valence-electron chi connectivity index (χ0n) is 18.2. The number of carboxylic acid groups (broad SMARTS) is 1. The van der Waals surface area contributed by atoms with Crippen LogP contribution in [0.15, 0.2) is 24.3 Å². The number of piperidine rings is 1. The normalized spacial score (nSPS) is 19.2. The Morgan fingerprint density at radius 1 is 1.24 bits per heavy atom. The van der Waals surface area contributed by atoms with E-state index in [1.165, 1.54) is 11.6 Å². The quantitative estimate of drug-likeness (QED) is 0.568. The summed E-state index contributed by atoms with van der Waals surface area (Å²) < 4.78 is 60.9. The molecular weight excluding hydrogens is 444 g/mol. The first kappa shape index (κ1) is 22.8. The van der Waals surface area contributed by atoms with Crippen molar-refractivity contribution in [3.63, 3.8) is 0 Å². The summed E-state index contributed by atoms with van der Waals surface area (Å²) in [6.07, 6.45) is -3.44. The van der Waals surface area contributed by atoms with Gasteiger partial charge in [-0.15, -0.1) is 0 Å². The summed E-state index contributed by atoms with van der Waals surface area (Å²) in [7, 11) is 1.43. The highest BCUT2D eigenvalue weighted by Gasteiger charge is 2.40. The highest BCUT2D eigenvalue weighted by Crippen LogP contribution is 2.39. The molecule has 1 atom stereocenters. The third kappa shape index (κ3) is 3.85. The van der Waals surface area contributed by atoms with Gasteiger partial charge in [0.2, 0.25) is 0 Å². The van der Waals surface area contributed by atoms with E-state index in [1.54, 1.807) is 18.7 Å². The van der Waals surface area contributed by atoms with E-state index < -0.39 is 28.9 Å². The number of ether oxygens (including phenoxy) is 1. The molecule has 0 spiro atoms. The van der Waals surface area contributed by atoms with Crippen molar-refractivity contribution in [3.05, 3.63) is 41.3 Å². The Labute approximate surface area is 186 Å². The number of methoxy groups -OCH3 is 1. The minimum Gasteiger partial charge on any atom is -0.491 e. The van der Waals surface area contributed by atoms with Gasteiger partial charge in [-0.25, -0.2) is 9.37 Å². The standard InChI is InChI=1S/C22H22F4N4O3/c1-12-17(33-3)19(29-10-4-9-21(2,11-29)20(31)32)30-18(27-12)15(23)16(28-30)13-5-7-14(8-6-13)22(24,25)26/h5-8H,4,9-11H2,1-3H3,(H,31,32). The van der Waals surface area contributed by atoms with Gasteiger partial charge in [-0.05, 0) is 38.8 Å². The van der Waals surface area contributed by atoms with Crippen LogP contribution in [0.2, 0.25) is 0 Å². The fraction of sp³-hybridized carbons (Fsp3) is 0.409. The smallest absolute Gasteiger partial charge is 0.416 e. The van der Waals surface area contributed by atoms with Gasteiger partial charge in [0, 0.05) is 18.7 Å². The number of hydrogen-bond acceptors (Lipinski definition) is 5. The van der Waals surface area contributed by atoms with Crippen LogP contribution in [-0.2, 0) is 11.0 Å². The maximum absolute atomic E-state index is 15.4. The Morgan fingerprint density at radius 2 is 1.91 bits per heavy atom. The van der Waals surface area contributed by atoms with Crippen molar-refractivity contribution in [3.8, 4) is 17.0 Å². The predicted molar refractivity (Wildman–Crippen MR) is 112 cm³/mol. The Balaban J connectivity index is 1.88. The lowest BCUT2D eigenvalue weighted by Gasteiger charge is -2.39. The summed E-state index contributed by atoms with van der Waals surface area (Å²) in [5.41, 5.74) is -1.63. The van der Waals surface area contributed by atoms with E-state index in [4.69, 9.17) is 4.74 Å². The van der Waals surface area contributed by atoms with E-state index in [0.29, 0.717) is 36.6 Å². The first-order valence-electron chi connectivity index (χ1n) is 10.2. The molecule has 0 amide bonds. The van der Waals surface area contributed by atoms with E-state index in [0.717, 1.165) is 24.3 Å². The number of aliphatic carboxylic acids is 1. The van der Waals surface area contributed by atoms with Crippen LogP contribution < -0.4 is 9.64 Å². The molecule has 4 rings (SSSR count). The van der Waals surface area contributed by atoms with Crippen molar-refractivity contribution in [1.29, 1.82) is 0 Å². The summed E-state index contributed by atoms with van der Waals surface area (Å²) >= 11 is 0. The topological polar surface area (TPSA) is 80.0 Å². The number of rotatable bonds is 4. The number of aryl methyl sites for hydroxylation is 1. The molecule has 176 valence electrons. The number of nitrogens with zero attached hydrogens (tertiary/aromatic N) is 4. The van der Waals surface area contributed by atoms with Gasteiger partial charge in [-0.1, -0.05) is 12.1 Å². The molecule has 1 aliphatic rings. The lowest BCUT2D eigenvalue weighted by atomic mass is 9.82. The second-order valence-corrected chi connectivity index (χ2v) is 8.42. The summed E-state index contributed by atoms with van der Waals surface area (Å²) in [6.45, 7) is 3.92. The molecule has 1 aromatic carbocycles. The number of aromatic nitrogens is 3. The maximum Gasteiger partial charge on any atom is 0.416 e. The Morgan fingerprint density at radius 3 is 2.48 bits per heavy atom.